The molecule has 3 heteroatoms. The first-order chi connectivity index (χ1) is 10.2. The summed E-state index contributed by atoms with van der Waals surface area (Å²) in [5.74, 6) is 0. The van der Waals surface area contributed by atoms with Gasteiger partial charge in [-0.2, -0.15) is 0 Å². The molecule has 2 aromatic rings. The van der Waals surface area contributed by atoms with E-state index in [0.29, 0.717) is 4.59 Å². The van der Waals surface area contributed by atoms with Crippen molar-refractivity contribution in [3.63, 3.8) is 0 Å². The largest absolute Gasteiger partial charge is 0.160 e. The van der Waals surface area contributed by atoms with Gasteiger partial charge in [0, 0.05) is 17.4 Å². The van der Waals surface area contributed by atoms with Crippen molar-refractivity contribution >= 4 is 5.69 Å². The average Bonchev–Trinajstić information content (AvgIpc) is 2.58. The van der Waals surface area contributed by atoms with Crippen molar-refractivity contribution < 1.29 is 0 Å². The summed E-state index contributed by atoms with van der Waals surface area (Å²) < 4.78 is 0.478. The number of hydrogen-bond donors (Lipinski definition) is 0. The first-order valence-corrected chi connectivity index (χ1v) is 7.52. The van der Waals surface area contributed by atoms with Gasteiger partial charge in [0.05, 0.1) is 14.1 Å². The van der Waals surface area contributed by atoms with Gasteiger partial charge in [0.2, 0.25) is 0 Å². The lowest BCUT2D eigenvalue weighted by molar-refractivity contribution is 0.341. The lowest BCUT2D eigenvalue weighted by atomic mass is 10.1. The van der Waals surface area contributed by atoms with E-state index in [9.17, 15) is 0 Å². The normalized spacial score (nSPS) is 13.4. The van der Waals surface area contributed by atoms with E-state index in [1.54, 1.807) is 7.05 Å². The van der Waals surface area contributed by atoms with E-state index < -0.39 is 0 Å². The smallest absolute Gasteiger partial charge is 0.150 e. The van der Waals surface area contributed by atoms with Crippen LogP contribution in [-0.4, -0.2) is 20.6 Å². The molecule has 0 radical (unpaired) electrons. The summed E-state index contributed by atoms with van der Waals surface area (Å²) in [5, 5.41) is 8.24. The van der Waals surface area contributed by atoms with Gasteiger partial charge < -0.3 is 0 Å². The van der Waals surface area contributed by atoms with Gasteiger partial charge >= 0.3 is 0 Å². The van der Waals surface area contributed by atoms with Gasteiger partial charge in [0.1, 0.15) is 6.54 Å². The second-order valence-corrected chi connectivity index (χ2v) is 4.66. The maximum atomic E-state index is 4.31. The fourth-order valence-electron chi connectivity index (χ4n) is 2.10. The highest BCUT2D eigenvalue weighted by atomic mass is 15.7. The topological polar surface area (TPSA) is 24.7 Å². The molecule has 0 spiro atoms. The zero-order chi connectivity index (χ0) is 15.7. The van der Waals surface area contributed by atoms with Gasteiger partial charge in [-0.25, -0.2) is 0 Å². The van der Waals surface area contributed by atoms with Gasteiger partial charge in [-0.3, -0.25) is 0 Å². The Labute approximate surface area is 128 Å². The minimum Gasteiger partial charge on any atom is -0.150 e. The molecule has 0 aromatic heterocycles. The van der Waals surface area contributed by atoms with Crippen LogP contribution in [0.25, 0.3) is 11.1 Å². The molecule has 3 nitrogen and oxygen atoms in total. The van der Waals surface area contributed by atoms with Crippen LogP contribution in [0, 0.1) is 0 Å². The molecule has 0 aliphatic rings. The molecule has 1 unspecified atom stereocenters. The van der Waals surface area contributed by atoms with Gasteiger partial charge in [0.25, 0.3) is 0 Å². The zero-order valence-corrected chi connectivity index (χ0v) is 13.7. The SMILES string of the molecule is CC.CC[N+](C)(N=NC)c1ccc(-c2ccccc2)cc1. The first-order valence-electron chi connectivity index (χ1n) is 7.52. The Kier molecular flexibility index (Phi) is 6.76. The van der Waals surface area contributed by atoms with E-state index in [1.165, 1.54) is 11.1 Å². The Morgan fingerprint density at radius 2 is 1.38 bits per heavy atom. The highest BCUT2D eigenvalue weighted by Crippen LogP contribution is 2.26. The molecule has 2 rings (SSSR count). The Morgan fingerprint density at radius 1 is 0.857 bits per heavy atom. The Morgan fingerprint density at radius 3 is 1.86 bits per heavy atom. The standard InChI is InChI=1S/C16H20N3.C2H6/c1-4-19(3,18-17-2)16-12-10-15(11-13-16)14-8-6-5-7-9-14;1-2/h5-13H,4H2,1-3H3;1-2H3/q+1;. The van der Waals surface area contributed by atoms with Crippen LogP contribution in [0.4, 0.5) is 5.69 Å². The third-order valence-corrected chi connectivity index (χ3v) is 3.43. The van der Waals surface area contributed by atoms with E-state index in [-0.39, 0.29) is 0 Å². The third-order valence-electron chi connectivity index (χ3n) is 3.43. The fraction of sp³-hybridized carbons (Fsp3) is 0.333. The summed E-state index contributed by atoms with van der Waals surface area (Å²) in [4.78, 5) is 0. The van der Waals surface area contributed by atoms with Crippen molar-refractivity contribution in [2.75, 3.05) is 20.6 Å². The summed E-state index contributed by atoms with van der Waals surface area (Å²) in [6.07, 6.45) is 0. The molecular formula is C18H26N3+. The molecule has 0 aliphatic carbocycles. The number of hydrogen-bond acceptors (Lipinski definition) is 2. The van der Waals surface area contributed by atoms with Gasteiger partial charge in [-0.15, -0.1) is 9.71 Å². The van der Waals surface area contributed by atoms with Crippen LogP contribution >= 0.6 is 0 Å². The van der Waals surface area contributed by atoms with Crippen molar-refractivity contribution in [3.8, 4) is 11.1 Å². The summed E-state index contributed by atoms with van der Waals surface area (Å²) in [6, 6.07) is 18.9. The lowest BCUT2D eigenvalue weighted by Gasteiger charge is -2.23. The lowest BCUT2D eigenvalue weighted by Crippen LogP contribution is -2.38. The van der Waals surface area contributed by atoms with Crippen LogP contribution in [0.5, 0.6) is 0 Å². The second-order valence-electron chi connectivity index (χ2n) is 4.66. The number of benzene rings is 2. The minimum atomic E-state index is 0.478. The van der Waals surface area contributed by atoms with Gasteiger partial charge in [0.15, 0.2) is 5.69 Å². The molecule has 2 aromatic carbocycles. The molecule has 0 aliphatic heterocycles. The van der Waals surface area contributed by atoms with Crippen LogP contribution < -0.4 is 4.59 Å². The molecule has 1 atom stereocenters. The number of quaternary nitrogens is 1. The molecule has 0 bridgehead atoms. The molecule has 0 saturated heterocycles. The van der Waals surface area contributed by atoms with Crippen molar-refractivity contribution in [3.05, 3.63) is 54.6 Å². The zero-order valence-electron chi connectivity index (χ0n) is 13.7. The quantitative estimate of drug-likeness (QED) is 0.411. The highest BCUT2D eigenvalue weighted by molar-refractivity contribution is 5.65. The second kappa shape index (κ2) is 8.32. The van der Waals surface area contributed by atoms with Crippen LogP contribution in [0.15, 0.2) is 64.9 Å². The van der Waals surface area contributed by atoms with E-state index in [4.69, 9.17) is 0 Å². The molecule has 0 saturated carbocycles. The number of rotatable bonds is 4. The molecule has 0 amide bonds. The summed E-state index contributed by atoms with van der Waals surface area (Å²) >= 11 is 0. The fourth-order valence-corrected chi connectivity index (χ4v) is 2.10. The molecule has 0 N–H and O–H groups in total. The van der Waals surface area contributed by atoms with E-state index in [0.717, 1.165) is 12.2 Å². The van der Waals surface area contributed by atoms with Crippen LogP contribution in [0.2, 0.25) is 0 Å². The first kappa shape index (κ1) is 17.1. The summed E-state index contributed by atoms with van der Waals surface area (Å²) in [5.41, 5.74) is 3.60. The molecule has 21 heavy (non-hydrogen) atoms. The van der Waals surface area contributed by atoms with Gasteiger partial charge in [-0.1, -0.05) is 44.2 Å². The molecular weight excluding hydrogens is 258 g/mol. The van der Waals surface area contributed by atoms with Crippen LogP contribution in [0.1, 0.15) is 20.8 Å². The highest BCUT2D eigenvalue weighted by Gasteiger charge is 2.22. The molecule has 112 valence electrons. The van der Waals surface area contributed by atoms with E-state index in [1.807, 2.05) is 19.9 Å². The Bertz CT molecular complexity index is 546. The van der Waals surface area contributed by atoms with Crippen molar-refractivity contribution in [2.24, 2.45) is 10.3 Å². The third kappa shape index (κ3) is 4.23. The predicted octanol–water partition coefficient (Wildman–Crippen LogP) is 5.33. The number of nitrogens with zero attached hydrogens (tertiary/aromatic N) is 3. The van der Waals surface area contributed by atoms with Crippen molar-refractivity contribution in [2.45, 2.75) is 20.8 Å². The minimum absolute atomic E-state index is 0.478. The van der Waals surface area contributed by atoms with Crippen molar-refractivity contribution in [1.29, 1.82) is 0 Å². The predicted molar refractivity (Wildman–Crippen MR) is 92.3 cm³/mol. The Hall–Kier alpha value is -2.00. The summed E-state index contributed by atoms with van der Waals surface area (Å²) in [6.45, 7) is 6.99. The van der Waals surface area contributed by atoms with Crippen LogP contribution in [-0.2, 0) is 0 Å². The Balaban J connectivity index is 0.00000106. The maximum Gasteiger partial charge on any atom is 0.160 e. The molecule has 0 heterocycles. The van der Waals surface area contributed by atoms with E-state index in [2.05, 4.69) is 72.8 Å². The monoisotopic (exact) mass is 284 g/mol. The molecule has 0 fully saturated rings. The van der Waals surface area contributed by atoms with Crippen LogP contribution in [0.3, 0.4) is 0 Å². The van der Waals surface area contributed by atoms with Gasteiger partial charge in [-0.05, 0) is 30.2 Å². The average molecular weight is 284 g/mol. The maximum absolute atomic E-state index is 4.31. The van der Waals surface area contributed by atoms with Crippen molar-refractivity contribution in [1.82, 2.24) is 4.59 Å². The summed E-state index contributed by atoms with van der Waals surface area (Å²) in [7, 11) is 3.77. The van der Waals surface area contributed by atoms with E-state index >= 15 is 0 Å².